The fourth-order valence-corrected chi connectivity index (χ4v) is 1.74. The Balaban J connectivity index is 3.15. The third kappa shape index (κ3) is 2.29. The third-order valence-corrected chi connectivity index (χ3v) is 2.99. The van der Waals surface area contributed by atoms with E-state index in [1.807, 2.05) is 0 Å². The van der Waals surface area contributed by atoms with Gasteiger partial charge >= 0.3 is 0 Å². The summed E-state index contributed by atoms with van der Waals surface area (Å²) in [6, 6.07) is 4.44. The van der Waals surface area contributed by atoms with E-state index in [0.717, 1.165) is 0 Å². The van der Waals surface area contributed by atoms with Crippen LogP contribution in [-0.2, 0) is 4.79 Å². The first kappa shape index (κ1) is 10.7. The molecule has 0 saturated carbocycles. The van der Waals surface area contributed by atoms with Crippen molar-refractivity contribution in [2.45, 2.75) is 12.3 Å². The minimum atomic E-state index is -0.787. The van der Waals surface area contributed by atoms with Gasteiger partial charge in [0.2, 0.25) is 0 Å². The van der Waals surface area contributed by atoms with E-state index in [0.29, 0.717) is 5.56 Å². The Labute approximate surface area is 89.0 Å². The molecule has 1 aromatic carbocycles. The van der Waals surface area contributed by atoms with Crippen LogP contribution in [0.2, 0.25) is 0 Å². The lowest BCUT2D eigenvalue weighted by Gasteiger charge is -2.08. The highest BCUT2D eigenvalue weighted by molar-refractivity contribution is 9.10. The van der Waals surface area contributed by atoms with Gasteiger partial charge in [-0.15, -0.1) is 11.6 Å². The number of rotatable bonds is 2. The molecule has 0 aliphatic carbocycles. The molecule has 0 aliphatic rings. The van der Waals surface area contributed by atoms with Crippen LogP contribution in [0.4, 0.5) is 4.39 Å². The zero-order valence-electron chi connectivity index (χ0n) is 6.85. The third-order valence-electron chi connectivity index (χ3n) is 1.61. The molecule has 1 atom stereocenters. The molecule has 0 N–H and O–H groups in total. The van der Waals surface area contributed by atoms with Gasteiger partial charge in [-0.25, -0.2) is 4.39 Å². The van der Waals surface area contributed by atoms with Gasteiger partial charge in [0.15, 0.2) is 5.78 Å². The second-order valence-electron chi connectivity index (χ2n) is 2.62. The summed E-state index contributed by atoms with van der Waals surface area (Å²) in [6.07, 6.45) is 0. The number of ketones is 1. The van der Waals surface area contributed by atoms with Gasteiger partial charge in [-0.3, -0.25) is 4.79 Å². The Morgan fingerprint density at radius 2 is 2.23 bits per heavy atom. The molecule has 1 aromatic rings. The van der Waals surface area contributed by atoms with Gasteiger partial charge in [0.05, 0.1) is 4.47 Å². The van der Waals surface area contributed by atoms with Crippen molar-refractivity contribution in [3.63, 3.8) is 0 Å². The van der Waals surface area contributed by atoms with Crippen molar-refractivity contribution in [2.24, 2.45) is 0 Å². The lowest BCUT2D eigenvalue weighted by Crippen LogP contribution is -2.03. The Morgan fingerprint density at radius 3 is 2.77 bits per heavy atom. The topological polar surface area (TPSA) is 17.1 Å². The smallest absolute Gasteiger partial charge is 0.152 e. The number of carbonyl (C=O) groups is 1. The molecule has 13 heavy (non-hydrogen) atoms. The highest BCUT2D eigenvalue weighted by Gasteiger charge is 2.17. The fraction of sp³-hybridized carbons (Fsp3) is 0.222. The minimum absolute atomic E-state index is 0.201. The van der Waals surface area contributed by atoms with Crippen LogP contribution >= 0.6 is 27.5 Å². The molecule has 0 saturated heterocycles. The molecule has 0 radical (unpaired) electrons. The number of benzene rings is 1. The van der Waals surface area contributed by atoms with E-state index in [9.17, 15) is 9.18 Å². The van der Waals surface area contributed by atoms with Gasteiger partial charge in [0.1, 0.15) is 11.2 Å². The molecule has 0 aliphatic heterocycles. The zero-order valence-corrected chi connectivity index (χ0v) is 9.19. The lowest BCUT2D eigenvalue weighted by molar-refractivity contribution is -0.116. The van der Waals surface area contributed by atoms with E-state index in [2.05, 4.69) is 15.9 Å². The average Bonchev–Trinajstić information content (AvgIpc) is 2.08. The predicted octanol–water partition coefficient (Wildman–Crippen LogP) is 3.46. The Morgan fingerprint density at radius 1 is 1.62 bits per heavy atom. The molecular formula is C9H7BrClFO. The van der Waals surface area contributed by atoms with Crippen LogP contribution < -0.4 is 0 Å². The number of Topliss-reactive ketones (excluding diaryl/α,β-unsaturated/α-hetero) is 1. The van der Waals surface area contributed by atoms with Gasteiger partial charge in [-0.1, -0.05) is 12.1 Å². The van der Waals surface area contributed by atoms with Crippen molar-refractivity contribution in [2.75, 3.05) is 0 Å². The van der Waals surface area contributed by atoms with Crippen molar-refractivity contribution < 1.29 is 9.18 Å². The second kappa shape index (κ2) is 4.20. The summed E-state index contributed by atoms with van der Waals surface area (Å²) in [5.74, 6) is -0.614. The van der Waals surface area contributed by atoms with Gasteiger partial charge < -0.3 is 0 Å². The number of hydrogen-bond acceptors (Lipinski definition) is 1. The molecule has 0 aromatic heterocycles. The Bertz CT molecular complexity index is 340. The zero-order chi connectivity index (χ0) is 10.0. The van der Waals surface area contributed by atoms with E-state index in [1.54, 1.807) is 6.07 Å². The molecule has 0 fully saturated rings. The first-order chi connectivity index (χ1) is 6.04. The summed E-state index contributed by atoms with van der Waals surface area (Å²) in [7, 11) is 0. The minimum Gasteiger partial charge on any atom is -0.298 e. The molecule has 0 heterocycles. The van der Waals surface area contributed by atoms with Gasteiger partial charge in [-0.2, -0.15) is 0 Å². The summed E-state index contributed by atoms with van der Waals surface area (Å²) in [5.41, 5.74) is 0.467. The quantitative estimate of drug-likeness (QED) is 0.749. The van der Waals surface area contributed by atoms with Gasteiger partial charge in [0.25, 0.3) is 0 Å². The first-order valence-corrected chi connectivity index (χ1v) is 4.85. The molecule has 1 nitrogen and oxygen atoms in total. The normalized spacial score (nSPS) is 12.6. The van der Waals surface area contributed by atoms with E-state index in [4.69, 9.17) is 11.6 Å². The van der Waals surface area contributed by atoms with E-state index in [1.165, 1.54) is 19.1 Å². The Kier molecular flexibility index (Phi) is 3.45. The number of carbonyl (C=O) groups excluding carboxylic acids is 1. The summed E-state index contributed by atoms with van der Waals surface area (Å²) in [5, 5.41) is -0.787. The molecule has 0 spiro atoms. The maximum Gasteiger partial charge on any atom is 0.152 e. The highest BCUT2D eigenvalue weighted by Crippen LogP contribution is 2.30. The summed E-state index contributed by atoms with van der Waals surface area (Å²) in [6.45, 7) is 1.37. The van der Waals surface area contributed by atoms with E-state index >= 15 is 0 Å². The van der Waals surface area contributed by atoms with Crippen LogP contribution in [0.15, 0.2) is 22.7 Å². The van der Waals surface area contributed by atoms with Crippen LogP contribution in [0.3, 0.4) is 0 Å². The fourth-order valence-electron chi connectivity index (χ4n) is 0.935. The maximum absolute atomic E-state index is 13.0. The van der Waals surface area contributed by atoms with E-state index in [-0.39, 0.29) is 10.3 Å². The number of hydrogen-bond donors (Lipinski definition) is 0. The SMILES string of the molecule is CC(=O)C(Cl)c1cccc(F)c1Br. The molecule has 1 unspecified atom stereocenters. The first-order valence-electron chi connectivity index (χ1n) is 3.62. The monoisotopic (exact) mass is 264 g/mol. The van der Waals surface area contributed by atoms with Gasteiger partial charge in [-0.05, 0) is 34.5 Å². The van der Waals surface area contributed by atoms with Crippen LogP contribution in [0.1, 0.15) is 17.9 Å². The molecule has 70 valence electrons. The summed E-state index contributed by atoms with van der Waals surface area (Å²) in [4.78, 5) is 10.9. The van der Waals surface area contributed by atoms with Crippen molar-refractivity contribution in [3.05, 3.63) is 34.1 Å². The summed E-state index contributed by atoms with van der Waals surface area (Å²) >= 11 is 8.81. The molecular weight excluding hydrogens is 258 g/mol. The second-order valence-corrected chi connectivity index (χ2v) is 3.85. The molecule has 0 amide bonds. The van der Waals surface area contributed by atoms with Crippen molar-refractivity contribution in [3.8, 4) is 0 Å². The van der Waals surface area contributed by atoms with Crippen molar-refractivity contribution >= 4 is 33.3 Å². The molecule has 0 bridgehead atoms. The van der Waals surface area contributed by atoms with Crippen molar-refractivity contribution in [1.82, 2.24) is 0 Å². The van der Waals surface area contributed by atoms with Crippen LogP contribution in [0.25, 0.3) is 0 Å². The molecule has 1 rings (SSSR count). The lowest BCUT2D eigenvalue weighted by atomic mass is 10.1. The summed E-state index contributed by atoms with van der Waals surface area (Å²) < 4.78 is 13.2. The maximum atomic E-state index is 13.0. The van der Waals surface area contributed by atoms with Crippen molar-refractivity contribution in [1.29, 1.82) is 0 Å². The van der Waals surface area contributed by atoms with Crippen LogP contribution in [0, 0.1) is 5.82 Å². The van der Waals surface area contributed by atoms with Crippen LogP contribution in [0.5, 0.6) is 0 Å². The van der Waals surface area contributed by atoms with E-state index < -0.39 is 11.2 Å². The van der Waals surface area contributed by atoms with Gasteiger partial charge in [0, 0.05) is 0 Å². The Hall–Kier alpha value is -0.410. The number of alkyl halides is 1. The highest BCUT2D eigenvalue weighted by atomic mass is 79.9. The largest absolute Gasteiger partial charge is 0.298 e. The van der Waals surface area contributed by atoms with Crippen LogP contribution in [-0.4, -0.2) is 5.78 Å². The standard InChI is InChI=1S/C9H7BrClFO/c1-5(13)9(11)6-3-2-4-7(12)8(6)10/h2-4,9H,1H3. The molecule has 4 heteroatoms. The predicted molar refractivity (Wildman–Crippen MR) is 53.4 cm³/mol. The number of halogens is 3. The average molecular weight is 266 g/mol.